The van der Waals surface area contributed by atoms with E-state index in [0.717, 1.165) is 0 Å². The van der Waals surface area contributed by atoms with Gasteiger partial charge in [0.05, 0.1) is 13.5 Å². The average molecular weight is 306 g/mol. The first-order chi connectivity index (χ1) is 10.4. The first-order valence-corrected chi connectivity index (χ1v) is 6.60. The molecule has 0 radical (unpaired) electrons. The van der Waals surface area contributed by atoms with E-state index in [1.807, 2.05) is 0 Å². The van der Waals surface area contributed by atoms with Crippen LogP contribution in [0.3, 0.4) is 0 Å². The number of ether oxygens (including phenoxy) is 3. The van der Waals surface area contributed by atoms with Gasteiger partial charge >= 0.3 is 17.9 Å². The summed E-state index contributed by atoms with van der Waals surface area (Å²) in [7, 11) is 1.21. The first kappa shape index (κ1) is 17.4. The fourth-order valence-corrected chi connectivity index (χ4v) is 1.48. The summed E-state index contributed by atoms with van der Waals surface area (Å²) in [6, 6.07) is 8.40. The van der Waals surface area contributed by atoms with Gasteiger partial charge in [0.1, 0.15) is 18.3 Å². The molecule has 1 aromatic rings. The molecule has 1 unspecified atom stereocenters. The Kier molecular flexibility index (Phi) is 6.82. The van der Waals surface area contributed by atoms with Gasteiger partial charge < -0.3 is 14.2 Å². The van der Waals surface area contributed by atoms with Crippen LogP contribution in [0.15, 0.2) is 42.5 Å². The highest BCUT2D eigenvalue weighted by Gasteiger charge is 2.26. The molecule has 0 N–H and O–H groups in total. The second-order valence-corrected chi connectivity index (χ2v) is 4.59. The van der Waals surface area contributed by atoms with Crippen LogP contribution < -0.4 is 4.74 Å². The Balaban J connectivity index is 2.71. The second kappa shape index (κ2) is 8.61. The van der Waals surface area contributed by atoms with E-state index in [4.69, 9.17) is 9.47 Å². The molecule has 0 heterocycles. The number of hydrogen-bond acceptors (Lipinski definition) is 6. The van der Waals surface area contributed by atoms with E-state index in [9.17, 15) is 14.4 Å². The fourth-order valence-electron chi connectivity index (χ4n) is 1.48. The molecule has 1 atom stereocenters. The SMILES string of the molecule is C=C(C)C(=O)OCC(CC(=O)OC)C(=O)Oc1ccccc1. The van der Waals surface area contributed by atoms with E-state index in [-0.39, 0.29) is 18.6 Å². The number of hydrogen-bond donors (Lipinski definition) is 0. The highest BCUT2D eigenvalue weighted by atomic mass is 16.6. The summed E-state index contributed by atoms with van der Waals surface area (Å²) < 4.78 is 14.6. The highest BCUT2D eigenvalue weighted by Crippen LogP contribution is 2.14. The van der Waals surface area contributed by atoms with Crippen molar-refractivity contribution in [3.8, 4) is 5.75 Å². The minimum atomic E-state index is -0.948. The van der Waals surface area contributed by atoms with Crippen LogP contribution in [0.1, 0.15) is 13.3 Å². The summed E-state index contributed by atoms with van der Waals surface area (Å²) in [4.78, 5) is 34.9. The predicted molar refractivity (Wildman–Crippen MR) is 78.0 cm³/mol. The van der Waals surface area contributed by atoms with E-state index < -0.39 is 23.8 Å². The maximum absolute atomic E-state index is 12.1. The predicted octanol–water partition coefficient (Wildman–Crippen LogP) is 1.89. The largest absolute Gasteiger partial charge is 0.469 e. The number of benzene rings is 1. The van der Waals surface area contributed by atoms with Gasteiger partial charge in [-0.05, 0) is 19.1 Å². The molecule has 0 aromatic heterocycles. The minimum absolute atomic E-state index is 0.202. The summed E-state index contributed by atoms with van der Waals surface area (Å²) in [5, 5.41) is 0. The Morgan fingerprint density at radius 1 is 1.18 bits per heavy atom. The Morgan fingerprint density at radius 3 is 2.36 bits per heavy atom. The van der Waals surface area contributed by atoms with Crippen molar-refractivity contribution in [1.29, 1.82) is 0 Å². The van der Waals surface area contributed by atoms with Crippen LogP contribution >= 0.6 is 0 Å². The quantitative estimate of drug-likeness (QED) is 0.435. The average Bonchev–Trinajstić information content (AvgIpc) is 2.51. The van der Waals surface area contributed by atoms with Crippen molar-refractivity contribution in [3.05, 3.63) is 42.5 Å². The highest BCUT2D eigenvalue weighted by molar-refractivity contribution is 5.87. The summed E-state index contributed by atoms with van der Waals surface area (Å²) in [5.74, 6) is -2.51. The molecule has 0 saturated heterocycles. The fraction of sp³-hybridized carbons (Fsp3) is 0.312. The Labute approximate surface area is 128 Å². The molecule has 1 rings (SSSR count). The van der Waals surface area contributed by atoms with Crippen molar-refractivity contribution in [2.24, 2.45) is 5.92 Å². The normalized spacial score (nSPS) is 11.2. The lowest BCUT2D eigenvalue weighted by molar-refractivity contribution is -0.153. The van der Waals surface area contributed by atoms with Crippen LogP contribution in [0.2, 0.25) is 0 Å². The molecule has 118 valence electrons. The van der Waals surface area contributed by atoms with Gasteiger partial charge in [-0.1, -0.05) is 24.8 Å². The first-order valence-electron chi connectivity index (χ1n) is 6.60. The summed E-state index contributed by atoms with van der Waals surface area (Å²) in [5.41, 5.74) is 0.202. The van der Waals surface area contributed by atoms with Gasteiger partial charge in [0.2, 0.25) is 0 Å². The third-order valence-electron chi connectivity index (χ3n) is 2.70. The molecule has 22 heavy (non-hydrogen) atoms. The van der Waals surface area contributed by atoms with Gasteiger partial charge in [-0.3, -0.25) is 9.59 Å². The molecular formula is C16H18O6. The molecular weight excluding hydrogens is 288 g/mol. The van der Waals surface area contributed by atoms with E-state index in [1.54, 1.807) is 30.3 Å². The zero-order chi connectivity index (χ0) is 16.5. The lowest BCUT2D eigenvalue weighted by Gasteiger charge is -2.15. The van der Waals surface area contributed by atoms with Crippen LogP contribution in [0.5, 0.6) is 5.75 Å². The van der Waals surface area contributed by atoms with Crippen molar-refractivity contribution < 1.29 is 28.6 Å². The molecule has 6 nitrogen and oxygen atoms in total. The topological polar surface area (TPSA) is 78.9 Å². The summed E-state index contributed by atoms with van der Waals surface area (Å²) >= 11 is 0. The standard InChI is InChI=1S/C16H18O6/c1-11(2)15(18)21-10-12(9-14(17)20-3)16(19)22-13-7-5-4-6-8-13/h4-8,12H,1,9-10H2,2-3H3. The van der Waals surface area contributed by atoms with Crippen LogP contribution in [0.4, 0.5) is 0 Å². The summed E-state index contributed by atoms with van der Waals surface area (Å²) in [6.45, 7) is 4.64. The smallest absolute Gasteiger partial charge is 0.333 e. The van der Waals surface area contributed by atoms with Crippen molar-refractivity contribution >= 4 is 17.9 Å². The maximum atomic E-state index is 12.1. The van der Waals surface area contributed by atoms with Crippen molar-refractivity contribution in [3.63, 3.8) is 0 Å². The molecule has 0 spiro atoms. The molecule has 0 amide bonds. The van der Waals surface area contributed by atoms with Gasteiger partial charge in [0.25, 0.3) is 0 Å². The third kappa shape index (κ3) is 5.78. The maximum Gasteiger partial charge on any atom is 0.333 e. The molecule has 0 aliphatic heterocycles. The van der Waals surface area contributed by atoms with Crippen molar-refractivity contribution in [2.75, 3.05) is 13.7 Å². The lowest BCUT2D eigenvalue weighted by Crippen LogP contribution is -2.29. The monoisotopic (exact) mass is 306 g/mol. The van der Waals surface area contributed by atoms with Crippen LogP contribution in [-0.4, -0.2) is 31.6 Å². The minimum Gasteiger partial charge on any atom is -0.469 e. The number of methoxy groups -OCH3 is 1. The molecule has 1 aromatic carbocycles. The van der Waals surface area contributed by atoms with Gasteiger partial charge in [-0.15, -0.1) is 0 Å². The van der Waals surface area contributed by atoms with Crippen LogP contribution in [-0.2, 0) is 23.9 Å². The van der Waals surface area contributed by atoms with E-state index in [1.165, 1.54) is 14.0 Å². The Bertz CT molecular complexity index is 549. The number of para-hydroxylation sites is 1. The van der Waals surface area contributed by atoms with Crippen molar-refractivity contribution in [1.82, 2.24) is 0 Å². The van der Waals surface area contributed by atoms with E-state index in [0.29, 0.717) is 5.75 Å². The van der Waals surface area contributed by atoms with Crippen LogP contribution in [0, 0.1) is 5.92 Å². The van der Waals surface area contributed by atoms with Crippen molar-refractivity contribution in [2.45, 2.75) is 13.3 Å². The summed E-state index contributed by atoms with van der Waals surface area (Å²) in [6.07, 6.45) is -0.244. The second-order valence-electron chi connectivity index (χ2n) is 4.59. The lowest BCUT2D eigenvalue weighted by atomic mass is 10.1. The molecule has 6 heteroatoms. The Morgan fingerprint density at radius 2 is 1.82 bits per heavy atom. The zero-order valence-corrected chi connectivity index (χ0v) is 12.5. The van der Waals surface area contributed by atoms with Gasteiger partial charge in [0, 0.05) is 5.57 Å². The molecule has 0 saturated carbocycles. The number of esters is 3. The zero-order valence-electron chi connectivity index (χ0n) is 12.5. The molecule has 0 aliphatic rings. The van der Waals surface area contributed by atoms with E-state index >= 15 is 0 Å². The molecule has 0 aliphatic carbocycles. The van der Waals surface area contributed by atoms with Gasteiger partial charge in [-0.25, -0.2) is 4.79 Å². The van der Waals surface area contributed by atoms with Crippen LogP contribution in [0.25, 0.3) is 0 Å². The molecule has 0 fully saturated rings. The third-order valence-corrected chi connectivity index (χ3v) is 2.70. The Hall–Kier alpha value is -2.63. The van der Waals surface area contributed by atoms with Gasteiger partial charge in [0.15, 0.2) is 0 Å². The number of carbonyl (C=O) groups excluding carboxylic acids is 3. The van der Waals surface area contributed by atoms with Gasteiger partial charge in [-0.2, -0.15) is 0 Å². The number of carbonyl (C=O) groups is 3. The van der Waals surface area contributed by atoms with E-state index in [2.05, 4.69) is 11.3 Å². The number of rotatable bonds is 7. The molecule has 0 bridgehead atoms.